The van der Waals surface area contributed by atoms with E-state index in [0.717, 1.165) is 38.0 Å². The molecule has 2 aliphatic heterocycles. The fourth-order valence-corrected chi connectivity index (χ4v) is 4.93. The molecule has 2 atom stereocenters. The molecule has 2 aromatic carbocycles. The van der Waals surface area contributed by atoms with E-state index in [1.807, 2.05) is 25.1 Å². The molecule has 1 saturated heterocycles. The van der Waals surface area contributed by atoms with Gasteiger partial charge in [0.1, 0.15) is 6.04 Å². The first-order valence-electron chi connectivity index (χ1n) is 12.4. The highest BCUT2D eigenvalue weighted by atomic mass is 35.5. The van der Waals surface area contributed by atoms with Crippen molar-refractivity contribution in [3.8, 4) is 0 Å². The summed E-state index contributed by atoms with van der Waals surface area (Å²) in [5, 5.41) is 9.96. The molecule has 2 aliphatic rings. The molecule has 188 valence electrons. The summed E-state index contributed by atoms with van der Waals surface area (Å²) in [5.74, 6) is -0.368. The molecule has 2 amide bonds. The van der Waals surface area contributed by atoms with Crippen LogP contribution in [-0.2, 0) is 27.3 Å². The van der Waals surface area contributed by atoms with E-state index in [0.29, 0.717) is 36.2 Å². The summed E-state index contributed by atoms with van der Waals surface area (Å²) in [6.07, 6.45) is 3.41. The van der Waals surface area contributed by atoms with Gasteiger partial charge in [0, 0.05) is 44.0 Å². The first-order chi connectivity index (χ1) is 16.9. The third-order valence-electron chi connectivity index (χ3n) is 7.06. The van der Waals surface area contributed by atoms with Crippen molar-refractivity contribution in [3.63, 3.8) is 0 Å². The van der Waals surface area contributed by atoms with Gasteiger partial charge in [0.2, 0.25) is 11.8 Å². The standard InChI is InChI=1S/C27H35ClN4O3/c1-18-15-21(7-8-23(18)28)30-26(33)24(11-14-32-12-9-22(35-2)10-13-32)31-27(34)25-16-19-5-3-4-6-20(19)17-29-25/h3-8,15,22,24-25,29H,9-14,16-17H2,1-2H3,(H,30,33)(H,31,34)/t24-,25-/m0/s1. The molecule has 2 heterocycles. The maximum absolute atomic E-state index is 13.3. The van der Waals surface area contributed by atoms with E-state index >= 15 is 0 Å². The van der Waals surface area contributed by atoms with Crippen LogP contribution in [0.3, 0.4) is 0 Å². The van der Waals surface area contributed by atoms with E-state index in [9.17, 15) is 9.59 Å². The summed E-state index contributed by atoms with van der Waals surface area (Å²) in [6, 6.07) is 12.5. The molecule has 0 unspecified atom stereocenters. The monoisotopic (exact) mass is 498 g/mol. The Morgan fingerprint density at radius 2 is 1.91 bits per heavy atom. The van der Waals surface area contributed by atoms with E-state index in [1.165, 1.54) is 11.1 Å². The van der Waals surface area contributed by atoms with Crippen LogP contribution in [0, 0.1) is 6.92 Å². The van der Waals surface area contributed by atoms with Crippen molar-refractivity contribution >= 4 is 29.1 Å². The number of likely N-dealkylation sites (tertiary alicyclic amines) is 1. The number of nitrogens with one attached hydrogen (secondary N) is 3. The number of hydrogen-bond acceptors (Lipinski definition) is 5. The second kappa shape index (κ2) is 12.0. The lowest BCUT2D eigenvalue weighted by Crippen LogP contribution is -2.54. The predicted octanol–water partition coefficient (Wildman–Crippen LogP) is 3.29. The highest BCUT2D eigenvalue weighted by Gasteiger charge is 2.29. The van der Waals surface area contributed by atoms with Crippen LogP contribution >= 0.6 is 11.6 Å². The Bertz CT molecular complexity index is 1040. The van der Waals surface area contributed by atoms with E-state index in [-0.39, 0.29) is 17.9 Å². The van der Waals surface area contributed by atoms with Crippen molar-refractivity contribution in [2.45, 2.75) is 57.3 Å². The quantitative estimate of drug-likeness (QED) is 0.520. The van der Waals surface area contributed by atoms with Gasteiger partial charge in [0.05, 0.1) is 12.1 Å². The largest absolute Gasteiger partial charge is 0.381 e. The van der Waals surface area contributed by atoms with E-state index in [2.05, 4.69) is 33.0 Å². The van der Waals surface area contributed by atoms with Gasteiger partial charge in [-0.2, -0.15) is 0 Å². The number of piperidine rings is 1. The summed E-state index contributed by atoms with van der Waals surface area (Å²) in [7, 11) is 1.76. The number of halogens is 1. The van der Waals surface area contributed by atoms with E-state index < -0.39 is 6.04 Å². The number of benzene rings is 2. The van der Waals surface area contributed by atoms with Gasteiger partial charge in [-0.3, -0.25) is 9.59 Å². The minimum absolute atomic E-state index is 0.148. The van der Waals surface area contributed by atoms with E-state index in [1.54, 1.807) is 19.2 Å². The number of aryl methyl sites for hydroxylation is 1. The average molecular weight is 499 g/mol. The number of nitrogens with zero attached hydrogens (tertiary/aromatic N) is 1. The molecule has 0 aromatic heterocycles. The van der Waals surface area contributed by atoms with Crippen LogP contribution in [0.25, 0.3) is 0 Å². The highest BCUT2D eigenvalue weighted by molar-refractivity contribution is 6.31. The Hall–Kier alpha value is -2.45. The summed E-state index contributed by atoms with van der Waals surface area (Å²) in [6.45, 7) is 5.13. The predicted molar refractivity (Wildman–Crippen MR) is 139 cm³/mol. The summed E-state index contributed by atoms with van der Waals surface area (Å²) >= 11 is 6.14. The lowest BCUT2D eigenvalue weighted by Gasteiger charge is -2.32. The Labute approximate surface area is 212 Å². The van der Waals surface area contributed by atoms with Crippen molar-refractivity contribution in [1.82, 2.24) is 15.5 Å². The summed E-state index contributed by atoms with van der Waals surface area (Å²) in [4.78, 5) is 28.8. The van der Waals surface area contributed by atoms with Gasteiger partial charge in [0.15, 0.2) is 0 Å². The normalized spacial score (nSPS) is 19.6. The fraction of sp³-hybridized carbons (Fsp3) is 0.481. The van der Waals surface area contributed by atoms with Crippen molar-refractivity contribution in [2.75, 3.05) is 32.1 Å². The SMILES string of the molecule is COC1CCN(CC[C@H](NC(=O)[C@@H]2Cc3ccccc3CN2)C(=O)Nc2ccc(Cl)c(C)c2)CC1. The zero-order valence-electron chi connectivity index (χ0n) is 20.5. The number of hydrogen-bond donors (Lipinski definition) is 3. The van der Waals surface area contributed by atoms with E-state index in [4.69, 9.17) is 16.3 Å². The molecule has 0 aliphatic carbocycles. The molecule has 0 saturated carbocycles. The molecular weight excluding hydrogens is 464 g/mol. The summed E-state index contributed by atoms with van der Waals surface area (Å²) in [5.41, 5.74) is 3.94. The maximum atomic E-state index is 13.3. The third-order valence-corrected chi connectivity index (χ3v) is 7.48. The molecule has 3 N–H and O–H groups in total. The van der Waals surface area contributed by atoms with Crippen molar-refractivity contribution in [1.29, 1.82) is 0 Å². The minimum atomic E-state index is -0.641. The van der Waals surface area contributed by atoms with Crippen molar-refractivity contribution in [2.24, 2.45) is 0 Å². The number of ether oxygens (including phenoxy) is 1. The third kappa shape index (κ3) is 6.82. The minimum Gasteiger partial charge on any atom is -0.381 e. The highest BCUT2D eigenvalue weighted by Crippen LogP contribution is 2.20. The van der Waals surface area contributed by atoms with Crippen LogP contribution in [0.15, 0.2) is 42.5 Å². The fourth-order valence-electron chi connectivity index (χ4n) is 4.81. The molecule has 4 rings (SSSR count). The molecule has 2 aromatic rings. The first kappa shape index (κ1) is 25.6. The van der Waals surface area contributed by atoms with Crippen LogP contribution in [-0.4, -0.2) is 61.6 Å². The molecular formula is C27H35ClN4O3. The number of fused-ring (bicyclic) bond motifs is 1. The zero-order chi connectivity index (χ0) is 24.8. The van der Waals surface area contributed by atoms with Crippen LogP contribution in [0.2, 0.25) is 5.02 Å². The Balaban J connectivity index is 1.41. The number of carbonyl (C=O) groups is 2. The molecule has 8 heteroatoms. The van der Waals surface area contributed by atoms with Crippen LogP contribution in [0.5, 0.6) is 0 Å². The molecule has 7 nitrogen and oxygen atoms in total. The molecule has 0 spiro atoms. The first-order valence-corrected chi connectivity index (χ1v) is 12.7. The number of rotatable bonds is 8. The second-order valence-corrected chi connectivity index (χ2v) is 9.89. The van der Waals surface area contributed by atoms with Gasteiger partial charge in [-0.15, -0.1) is 0 Å². The maximum Gasteiger partial charge on any atom is 0.246 e. The van der Waals surface area contributed by atoms with Crippen LogP contribution in [0.4, 0.5) is 5.69 Å². The topological polar surface area (TPSA) is 82.7 Å². The molecule has 1 fully saturated rings. The van der Waals surface area contributed by atoms with Crippen LogP contribution in [0.1, 0.15) is 36.0 Å². The van der Waals surface area contributed by atoms with Gasteiger partial charge in [-0.1, -0.05) is 35.9 Å². The van der Waals surface area contributed by atoms with Gasteiger partial charge in [-0.25, -0.2) is 0 Å². The lowest BCUT2D eigenvalue weighted by atomic mass is 9.95. The molecule has 35 heavy (non-hydrogen) atoms. The van der Waals surface area contributed by atoms with Crippen molar-refractivity contribution in [3.05, 3.63) is 64.2 Å². The zero-order valence-corrected chi connectivity index (χ0v) is 21.2. The lowest BCUT2D eigenvalue weighted by molar-refractivity contribution is -0.128. The Morgan fingerprint density at radius 1 is 1.17 bits per heavy atom. The second-order valence-electron chi connectivity index (χ2n) is 9.49. The smallest absolute Gasteiger partial charge is 0.246 e. The Morgan fingerprint density at radius 3 is 2.63 bits per heavy atom. The number of carbonyl (C=O) groups excluding carboxylic acids is 2. The van der Waals surface area contributed by atoms with Crippen molar-refractivity contribution < 1.29 is 14.3 Å². The Kier molecular flexibility index (Phi) is 8.78. The summed E-state index contributed by atoms with van der Waals surface area (Å²) < 4.78 is 5.47. The van der Waals surface area contributed by atoms with Gasteiger partial charge >= 0.3 is 0 Å². The van der Waals surface area contributed by atoms with Gasteiger partial charge in [0.25, 0.3) is 0 Å². The molecule has 0 bridgehead atoms. The van der Waals surface area contributed by atoms with Gasteiger partial charge in [-0.05, 0) is 67.5 Å². The number of anilines is 1. The number of methoxy groups -OCH3 is 1. The average Bonchev–Trinajstić information content (AvgIpc) is 2.88. The molecule has 0 radical (unpaired) electrons. The van der Waals surface area contributed by atoms with Gasteiger partial charge < -0.3 is 25.6 Å². The number of amides is 2. The van der Waals surface area contributed by atoms with Crippen LogP contribution < -0.4 is 16.0 Å².